The number of nitrogens with one attached hydrogen (secondary N) is 1. The predicted octanol–water partition coefficient (Wildman–Crippen LogP) is 4.12. The minimum atomic E-state index is -0.461. The molecule has 1 aromatic rings. The van der Waals surface area contributed by atoms with E-state index in [0.717, 1.165) is 12.8 Å². The van der Waals surface area contributed by atoms with Gasteiger partial charge in [0.25, 0.3) is 0 Å². The minimum absolute atomic E-state index is 0.0809. The van der Waals surface area contributed by atoms with Crippen molar-refractivity contribution in [1.29, 1.82) is 0 Å². The van der Waals surface area contributed by atoms with Crippen molar-refractivity contribution in [3.8, 4) is 0 Å². The van der Waals surface area contributed by atoms with Crippen LogP contribution in [0.1, 0.15) is 39.2 Å². The highest BCUT2D eigenvalue weighted by Gasteiger charge is 2.20. The maximum absolute atomic E-state index is 14.2. The molecule has 1 aliphatic rings. The van der Waals surface area contributed by atoms with Gasteiger partial charge in [-0.2, -0.15) is 0 Å². The summed E-state index contributed by atoms with van der Waals surface area (Å²) in [6.45, 7) is 7.88. The van der Waals surface area contributed by atoms with Crippen molar-refractivity contribution in [3.05, 3.63) is 29.3 Å². The first kappa shape index (κ1) is 16.7. The molecule has 21 heavy (non-hydrogen) atoms. The molecule has 0 amide bonds. The lowest BCUT2D eigenvalue weighted by molar-refractivity contribution is 0.1000. The van der Waals surface area contributed by atoms with E-state index in [9.17, 15) is 8.78 Å². The molecule has 1 aromatic carbocycles. The molecule has 2 nitrogen and oxygen atoms in total. The molecule has 0 saturated carbocycles. The molecule has 0 unspecified atom stereocenters. The molecule has 1 fully saturated rings. The van der Waals surface area contributed by atoms with Crippen LogP contribution in [-0.2, 0) is 11.3 Å². The molecule has 0 bridgehead atoms. The molecular weight excluding hydrogens is 292 g/mol. The van der Waals surface area contributed by atoms with Crippen molar-refractivity contribution >= 4 is 11.8 Å². The quantitative estimate of drug-likeness (QED) is 0.903. The van der Waals surface area contributed by atoms with Crippen LogP contribution >= 0.6 is 11.8 Å². The van der Waals surface area contributed by atoms with Gasteiger partial charge in [0.1, 0.15) is 11.6 Å². The Kier molecular flexibility index (Phi) is 5.63. The normalized spacial score (nSPS) is 17.2. The Hall–Kier alpha value is -0.650. The van der Waals surface area contributed by atoms with Gasteiger partial charge in [0.05, 0.1) is 4.90 Å². The molecule has 0 radical (unpaired) electrons. The summed E-state index contributed by atoms with van der Waals surface area (Å²) in [4.78, 5) is 0.140. The Labute approximate surface area is 129 Å². The predicted molar refractivity (Wildman–Crippen MR) is 82.6 cm³/mol. The van der Waals surface area contributed by atoms with Crippen molar-refractivity contribution in [2.45, 2.75) is 55.8 Å². The fourth-order valence-corrected chi connectivity index (χ4v) is 3.26. The number of benzene rings is 1. The molecule has 5 heteroatoms. The largest absolute Gasteiger partial charge is 0.381 e. The van der Waals surface area contributed by atoms with Gasteiger partial charge in [-0.1, -0.05) is 0 Å². The number of hydrogen-bond acceptors (Lipinski definition) is 3. The number of thioether (sulfide) groups is 1. The van der Waals surface area contributed by atoms with Crippen LogP contribution in [0.2, 0.25) is 0 Å². The molecule has 1 aliphatic heterocycles. The van der Waals surface area contributed by atoms with Crippen LogP contribution in [0.15, 0.2) is 17.0 Å². The summed E-state index contributed by atoms with van der Waals surface area (Å²) in [7, 11) is 0. The highest BCUT2D eigenvalue weighted by Crippen LogP contribution is 2.34. The average molecular weight is 315 g/mol. The highest BCUT2D eigenvalue weighted by atomic mass is 32.2. The third kappa shape index (κ3) is 5.24. The lowest BCUT2D eigenvalue weighted by Crippen LogP contribution is -2.35. The van der Waals surface area contributed by atoms with Gasteiger partial charge in [-0.3, -0.25) is 0 Å². The lowest BCUT2D eigenvalue weighted by Gasteiger charge is -2.23. The molecule has 0 aliphatic carbocycles. The van der Waals surface area contributed by atoms with Gasteiger partial charge < -0.3 is 10.1 Å². The first-order chi connectivity index (χ1) is 9.85. The Morgan fingerprint density at radius 1 is 1.19 bits per heavy atom. The van der Waals surface area contributed by atoms with Crippen molar-refractivity contribution in [2.24, 2.45) is 0 Å². The van der Waals surface area contributed by atoms with Crippen LogP contribution in [0.5, 0.6) is 0 Å². The third-order valence-corrected chi connectivity index (χ3v) is 4.76. The van der Waals surface area contributed by atoms with Crippen LogP contribution in [0, 0.1) is 11.6 Å². The standard InChI is InChI=1S/C16H23F2NOS/c1-16(2,3)19-10-11-8-13(17)15(14(18)9-11)21-12-4-6-20-7-5-12/h8-9,12,19H,4-7,10H2,1-3H3. The van der Waals surface area contributed by atoms with E-state index in [2.05, 4.69) is 5.32 Å². The minimum Gasteiger partial charge on any atom is -0.381 e. The highest BCUT2D eigenvalue weighted by molar-refractivity contribution is 8.00. The summed E-state index contributed by atoms with van der Waals surface area (Å²) in [5, 5.41) is 3.47. The summed E-state index contributed by atoms with van der Waals surface area (Å²) in [6, 6.07) is 2.87. The molecule has 2 rings (SSSR count). The van der Waals surface area contributed by atoms with Gasteiger partial charge in [0.15, 0.2) is 0 Å². The maximum atomic E-state index is 14.2. The zero-order valence-electron chi connectivity index (χ0n) is 12.8. The van der Waals surface area contributed by atoms with E-state index < -0.39 is 11.6 Å². The number of hydrogen-bond donors (Lipinski definition) is 1. The Morgan fingerprint density at radius 2 is 1.76 bits per heavy atom. The maximum Gasteiger partial charge on any atom is 0.140 e. The van der Waals surface area contributed by atoms with Crippen molar-refractivity contribution in [1.82, 2.24) is 5.32 Å². The van der Waals surface area contributed by atoms with E-state index in [1.165, 1.54) is 23.9 Å². The van der Waals surface area contributed by atoms with Crippen molar-refractivity contribution in [3.63, 3.8) is 0 Å². The number of rotatable bonds is 4. The van der Waals surface area contributed by atoms with Gasteiger partial charge >= 0.3 is 0 Å². The van der Waals surface area contributed by atoms with Gasteiger partial charge in [-0.15, -0.1) is 11.8 Å². The Bertz CT molecular complexity index is 459. The van der Waals surface area contributed by atoms with E-state index in [1.54, 1.807) is 0 Å². The van der Waals surface area contributed by atoms with Gasteiger partial charge in [-0.05, 0) is 51.3 Å². The first-order valence-corrected chi connectivity index (χ1v) is 8.20. The Morgan fingerprint density at radius 3 is 2.29 bits per heavy atom. The molecule has 1 N–H and O–H groups in total. The molecule has 0 atom stereocenters. The van der Waals surface area contributed by atoms with Crippen LogP contribution in [0.3, 0.4) is 0 Å². The summed E-state index contributed by atoms with van der Waals surface area (Å²) in [6.07, 6.45) is 1.69. The fourth-order valence-electron chi connectivity index (χ4n) is 2.15. The molecule has 1 saturated heterocycles. The molecule has 0 spiro atoms. The SMILES string of the molecule is CC(C)(C)NCc1cc(F)c(SC2CCOCC2)c(F)c1. The zero-order valence-corrected chi connectivity index (χ0v) is 13.7. The van der Waals surface area contributed by atoms with E-state index in [4.69, 9.17) is 4.74 Å². The second kappa shape index (κ2) is 7.07. The molecule has 1 heterocycles. The fraction of sp³-hybridized carbons (Fsp3) is 0.625. The second-order valence-corrected chi connectivity index (χ2v) is 7.73. The smallest absolute Gasteiger partial charge is 0.140 e. The van der Waals surface area contributed by atoms with Gasteiger partial charge in [-0.25, -0.2) is 8.78 Å². The van der Waals surface area contributed by atoms with Crippen LogP contribution in [-0.4, -0.2) is 24.0 Å². The van der Waals surface area contributed by atoms with Crippen LogP contribution in [0.4, 0.5) is 8.78 Å². The third-order valence-electron chi connectivity index (χ3n) is 3.33. The first-order valence-electron chi connectivity index (χ1n) is 7.32. The van der Waals surface area contributed by atoms with Gasteiger partial charge in [0, 0.05) is 30.5 Å². The second-order valence-electron chi connectivity index (χ2n) is 6.42. The Balaban J connectivity index is 2.05. The topological polar surface area (TPSA) is 21.3 Å². The zero-order chi connectivity index (χ0) is 15.5. The molecule has 118 valence electrons. The summed E-state index contributed by atoms with van der Waals surface area (Å²) < 4.78 is 33.6. The van der Waals surface area contributed by atoms with E-state index >= 15 is 0 Å². The lowest BCUT2D eigenvalue weighted by atomic mass is 10.1. The van der Waals surface area contributed by atoms with Crippen molar-refractivity contribution in [2.75, 3.05) is 13.2 Å². The van der Waals surface area contributed by atoms with Crippen LogP contribution < -0.4 is 5.32 Å². The van der Waals surface area contributed by atoms with Gasteiger partial charge in [0.2, 0.25) is 0 Å². The molecular formula is C16H23F2NOS. The summed E-state index contributed by atoms with van der Waals surface area (Å²) >= 11 is 1.30. The number of halogens is 2. The molecule has 0 aromatic heterocycles. The average Bonchev–Trinajstić information content (AvgIpc) is 2.41. The summed E-state index contributed by atoms with van der Waals surface area (Å²) in [5.41, 5.74) is 0.555. The monoisotopic (exact) mass is 315 g/mol. The van der Waals surface area contributed by atoms with E-state index in [0.29, 0.717) is 25.3 Å². The number of ether oxygens (including phenoxy) is 1. The van der Waals surface area contributed by atoms with Crippen molar-refractivity contribution < 1.29 is 13.5 Å². The van der Waals surface area contributed by atoms with E-state index in [-0.39, 0.29) is 15.7 Å². The van der Waals surface area contributed by atoms with Crippen LogP contribution in [0.25, 0.3) is 0 Å². The van der Waals surface area contributed by atoms with E-state index in [1.807, 2.05) is 20.8 Å². The summed E-state index contributed by atoms with van der Waals surface area (Å²) in [5.74, 6) is -0.922.